The fourth-order valence-corrected chi connectivity index (χ4v) is 1.93. The van der Waals surface area contributed by atoms with Crippen molar-refractivity contribution in [1.82, 2.24) is 0 Å². The molecule has 0 fully saturated rings. The van der Waals surface area contributed by atoms with E-state index in [2.05, 4.69) is 10.0 Å². The van der Waals surface area contributed by atoms with Gasteiger partial charge < -0.3 is 14.8 Å². The number of ether oxygens (including phenoxy) is 2. The summed E-state index contributed by atoms with van der Waals surface area (Å²) >= 11 is 0. The number of hydrogen-bond acceptors (Lipinski definition) is 5. The van der Waals surface area contributed by atoms with Crippen molar-refractivity contribution in [2.24, 2.45) is 0 Å². The Morgan fingerprint density at radius 2 is 1.95 bits per heavy atom. The van der Waals surface area contributed by atoms with Gasteiger partial charge in [-0.3, -0.25) is 4.72 Å². The summed E-state index contributed by atoms with van der Waals surface area (Å²) in [5.74, 6) is -0.647. The molecule has 0 aliphatic rings. The molecule has 8 heteroatoms. The van der Waals surface area contributed by atoms with Gasteiger partial charge in [-0.15, -0.1) is 0 Å². The highest BCUT2D eigenvalue weighted by atomic mass is 32.2. The third-order valence-electron chi connectivity index (χ3n) is 2.26. The molecule has 0 radical (unpaired) electrons. The lowest BCUT2D eigenvalue weighted by Gasteiger charge is -2.15. The van der Waals surface area contributed by atoms with Crippen LogP contribution in [0, 0.1) is 5.82 Å². The maximum Gasteiger partial charge on any atom is 0.229 e. The molecule has 19 heavy (non-hydrogen) atoms. The molecule has 0 saturated carbocycles. The van der Waals surface area contributed by atoms with Gasteiger partial charge in [-0.05, 0) is 18.2 Å². The van der Waals surface area contributed by atoms with E-state index in [4.69, 9.17) is 9.47 Å². The van der Waals surface area contributed by atoms with Crippen molar-refractivity contribution in [2.45, 2.75) is 6.29 Å². The van der Waals surface area contributed by atoms with Crippen LogP contribution in [0.15, 0.2) is 18.2 Å². The van der Waals surface area contributed by atoms with Gasteiger partial charge in [-0.25, -0.2) is 12.8 Å². The zero-order valence-electron chi connectivity index (χ0n) is 10.9. The molecule has 0 atom stereocenters. The summed E-state index contributed by atoms with van der Waals surface area (Å²) in [6.07, 6.45) is 0.509. The third-order valence-corrected chi connectivity index (χ3v) is 2.85. The van der Waals surface area contributed by atoms with Crippen molar-refractivity contribution >= 4 is 21.4 Å². The standard InChI is InChI=1S/C11H17FN2O4S/c1-17-11(18-2)7-13-8-4-5-9(12)10(6-8)14-19(3,15)16/h4-6,11,13-14H,7H2,1-3H3. The molecular formula is C11H17FN2O4S. The molecule has 2 N–H and O–H groups in total. The summed E-state index contributed by atoms with van der Waals surface area (Å²) < 4.78 is 47.7. The minimum Gasteiger partial charge on any atom is -0.380 e. The van der Waals surface area contributed by atoms with Crippen LogP contribution in [-0.4, -0.2) is 41.7 Å². The van der Waals surface area contributed by atoms with E-state index in [1.54, 1.807) is 0 Å². The highest BCUT2D eigenvalue weighted by Crippen LogP contribution is 2.20. The lowest BCUT2D eigenvalue weighted by Crippen LogP contribution is -2.23. The largest absolute Gasteiger partial charge is 0.380 e. The topological polar surface area (TPSA) is 76.7 Å². The van der Waals surface area contributed by atoms with E-state index in [0.717, 1.165) is 6.26 Å². The van der Waals surface area contributed by atoms with Crippen molar-refractivity contribution in [3.63, 3.8) is 0 Å². The Hall–Kier alpha value is -1.38. The van der Waals surface area contributed by atoms with Gasteiger partial charge in [0.25, 0.3) is 0 Å². The molecule has 1 rings (SSSR count). The number of halogens is 1. The molecular weight excluding hydrogens is 275 g/mol. The minimum atomic E-state index is -3.52. The molecule has 108 valence electrons. The molecule has 0 heterocycles. The predicted octanol–water partition coefficient (Wildman–Crippen LogP) is 1.23. The fourth-order valence-electron chi connectivity index (χ4n) is 1.38. The van der Waals surface area contributed by atoms with Gasteiger partial charge in [0, 0.05) is 19.9 Å². The van der Waals surface area contributed by atoms with Crippen LogP contribution < -0.4 is 10.0 Å². The van der Waals surface area contributed by atoms with Crippen molar-refractivity contribution in [2.75, 3.05) is 37.1 Å². The second kappa shape index (κ2) is 6.69. The van der Waals surface area contributed by atoms with Crippen molar-refractivity contribution in [3.05, 3.63) is 24.0 Å². The van der Waals surface area contributed by atoms with Gasteiger partial charge in [-0.1, -0.05) is 0 Å². The van der Waals surface area contributed by atoms with Crippen molar-refractivity contribution in [1.29, 1.82) is 0 Å². The number of nitrogens with one attached hydrogen (secondary N) is 2. The quantitative estimate of drug-likeness (QED) is 0.739. The van der Waals surface area contributed by atoms with Crippen LogP contribution in [0.25, 0.3) is 0 Å². The first kappa shape index (κ1) is 15.7. The monoisotopic (exact) mass is 292 g/mol. The van der Waals surface area contributed by atoms with Crippen LogP contribution in [0.4, 0.5) is 15.8 Å². The molecule has 0 unspecified atom stereocenters. The maximum atomic E-state index is 13.4. The number of anilines is 2. The molecule has 1 aromatic carbocycles. The summed E-state index contributed by atoms with van der Waals surface area (Å²) in [5.41, 5.74) is 0.436. The average Bonchev–Trinajstić information content (AvgIpc) is 2.32. The van der Waals surface area contributed by atoms with E-state index in [1.807, 2.05) is 0 Å². The Bertz CT molecular complexity index is 517. The predicted molar refractivity (Wildman–Crippen MR) is 71.2 cm³/mol. The minimum absolute atomic E-state index is 0.112. The molecule has 0 spiro atoms. The number of rotatable bonds is 7. The second-order valence-electron chi connectivity index (χ2n) is 3.85. The molecule has 0 bridgehead atoms. The lowest BCUT2D eigenvalue weighted by molar-refractivity contribution is -0.0914. The molecule has 0 aromatic heterocycles. The summed E-state index contributed by atoms with van der Waals surface area (Å²) in [5, 5.41) is 2.95. The van der Waals surface area contributed by atoms with Gasteiger partial charge in [0.2, 0.25) is 10.0 Å². The van der Waals surface area contributed by atoms with Gasteiger partial charge in [0.05, 0.1) is 18.5 Å². The SMILES string of the molecule is COC(CNc1ccc(F)c(NS(C)(=O)=O)c1)OC. The van der Waals surface area contributed by atoms with Crippen molar-refractivity contribution in [3.8, 4) is 0 Å². The van der Waals surface area contributed by atoms with Gasteiger partial charge in [0.1, 0.15) is 5.82 Å². The first-order chi connectivity index (χ1) is 8.85. The van der Waals surface area contributed by atoms with E-state index in [9.17, 15) is 12.8 Å². The Labute approximate surface area is 112 Å². The van der Waals surface area contributed by atoms with E-state index < -0.39 is 22.1 Å². The van der Waals surface area contributed by atoms with E-state index in [1.165, 1.54) is 32.4 Å². The summed E-state index contributed by atoms with van der Waals surface area (Å²) in [6.45, 7) is 0.344. The molecule has 1 aromatic rings. The van der Waals surface area contributed by atoms with Crippen LogP contribution >= 0.6 is 0 Å². The van der Waals surface area contributed by atoms with Crippen molar-refractivity contribution < 1.29 is 22.3 Å². The molecule has 0 saturated heterocycles. The first-order valence-electron chi connectivity index (χ1n) is 5.42. The Balaban J connectivity index is 2.78. The highest BCUT2D eigenvalue weighted by Gasteiger charge is 2.10. The number of methoxy groups -OCH3 is 2. The molecule has 0 aliphatic carbocycles. The lowest BCUT2D eigenvalue weighted by atomic mass is 10.2. The van der Waals surface area contributed by atoms with E-state index in [-0.39, 0.29) is 5.69 Å². The first-order valence-corrected chi connectivity index (χ1v) is 7.31. The highest BCUT2D eigenvalue weighted by molar-refractivity contribution is 7.92. The number of hydrogen-bond donors (Lipinski definition) is 2. The fraction of sp³-hybridized carbons (Fsp3) is 0.455. The molecule has 6 nitrogen and oxygen atoms in total. The van der Waals surface area contributed by atoms with Crippen LogP contribution in [0.2, 0.25) is 0 Å². The van der Waals surface area contributed by atoms with Gasteiger partial charge in [-0.2, -0.15) is 0 Å². The van der Waals surface area contributed by atoms with Crippen LogP contribution in [-0.2, 0) is 19.5 Å². The summed E-state index contributed by atoms with van der Waals surface area (Å²) in [6, 6.07) is 4.02. The normalized spacial score (nSPS) is 11.6. The molecule has 0 amide bonds. The van der Waals surface area contributed by atoms with Crippen LogP contribution in [0.5, 0.6) is 0 Å². The summed E-state index contributed by atoms with van der Waals surface area (Å²) in [7, 11) is -0.530. The van der Waals surface area contributed by atoms with E-state index in [0.29, 0.717) is 12.2 Å². The zero-order valence-corrected chi connectivity index (χ0v) is 11.8. The van der Waals surface area contributed by atoms with E-state index >= 15 is 0 Å². The number of benzene rings is 1. The zero-order chi connectivity index (χ0) is 14.5. The summed E-state index contributed by atoms with van der Waals surface area (Å²) in [4.78, 5) is 0. The average molecular weight is 292 g/mol. The molecule has 0 aliphatic heterocycles. The third kappa shape index (κ3) is 5.41. The maximum absolute atomic E-state index is 13.4. The van der Waals surface area contributed by atoms with Crippen LogP contribution in [0.3, 0.4) is 0 Å². The Morgan fingerprint density at radius 3 is 2.47 bits per heavy atom. The Morgan fingerprint density at radius 1 is 1.32 bits per heavy atom. The second-order valence-corrected chi connectivity index (χ2v) is 5.60. The Kier molecular flexibility index (Phi) is 5.52. The smallest absolute Gasteiger partial charge is 0.229 e. The van der Waals surface area contributed by atoms with Crippen LogP contribution in [0.1, 0.15) is 0 Å². The van der Waals surface area contributed by atoms with Gasteiger partial charge >= 0.3 is 0 Å². The number of sulfonamides is 1. The van der Waals surface area contributed by atoms with Gasteiger partial charge in [0.15, 0.2) is 6.29 Å².